The molecule has 0 saturated carbocycles. The van der Waals surface area contributed by atoms with E-state index in [1.54, 1.807) is 0 Å². The number of halogens is 2. The smallest absolute Gasteiger partial charge is 0.254 e. The van der Waals surface area contributed by atoms with E-state index in [1.165, 1.54) is 0 Å². The van der Waals surface area contributed by atoms with Crippen LogP contribution in [0.1, 0.15) is 28.8 Å². The molecule has 2 nitrogen and oxygen atoms in total. The molecule has 0 spiro atoms. The van der Waals surface area contributed by atoms with Gasteiger partial charge in [0.05, 0.1) is 0 Å². The lowest BCUT2D eigenvalue weighted by Gasteiger charge is -2.23. The summed E-state index contributed by atoms with van der Waals surface area (Å²) in [5.74, 6) is 0.146. The third-order valence-electron chi connectivity index (χ3n) is 3.23. The summed E-state index contributed by atoms with van der Waals surface area (Å²) in [6.45, 7) is 2.90. The number of likely N-dealkylation sites (tertiary alicyclic amines) is 1. The minimum Gasteiger partial charge on any atom is -0.335 e. The van der Waals surface area contributed by atoms with Crippen molar-refractivity contribution in [1.82, 2.24) is 4.90 Å². The van der Waals surface area contributed by atoms with E-state index >= 15 is 0 Å². The third kappa shape index (κ3) is 2.74. The molecule has 1 aliphatic rings. The highest BCUT2D eigenvalue weighted by atomic mass is 79.9. The molecule has 0 aliphatic carbocycles. The van der Waals surface area contributed by atoms with Crippen molar-refractivity contribution in [2.24, 2.45) is 0 Å². The van der Waals surface area contributed by atoms with Gasteiger partial charge in [-0.05, 0) is 37.5 Å². The Balaban J connectivity index is 2.21. The molecule has 4 heteroatoms. The van der Waals surface area contributed by atoms with Crippen molar-refractivity contribution in [3.63, 3.8) is 0 Å². The van der Waals surface area contributed by atoms with Crippen LogP contribution in [-0.2, 0) is 0 Å². The number of nitrogens with zero attached hydrogens (tertiary/aromatic N) is 1. The number of rotatable bonds is 2. The molecular weight excluding hydrogens is 346 g/mol. The van der Waals surface area contributed by atoms with E-state index in [-0.39, 0.29) is 5.91 Å². The SMILES string of the molecule is Cc1ccc(C(=O)N2CCCC2CBr)cc1Br. The van der Waals surface area contributed by atoms with Crippen LogP contribution in [0.4, 0.5) is 0 Å². The molecule has 1 fully saturated rings. The number of carbonyl (C=O) groups is 1. The van der Waals surface area contributed by atoms with Gasteiger partial charge in [-0.3, -0.25) is 4.79 Å². The number of benzene rings is 1. The molecule has 17 heavy (non-hydrogen) atoms. The molecule has 0 aromatic heterocycles. The molecule has 1 unspecified atom stereocenters. The predicted molar refractivity (Wildman–Crippen MR) is 76.7 cm³/mol. The maximum atomic E-state index is 12.4. The van der Waals surface area contributed by atoms with Crippen molar-refractivity contribution < 1.29 is 4.79 Å². The lowest BCUT2D eigenvalue weighted by Crippen LogP contribution is -2.36. The quantitative estimate of drug-likeness (QED) is 0.735. The largest absolute Gasteiger partial charge is 0.335 e. The first-order valence-corrected chi connectivity index (χ1v) is 7.68. The lowest BCUT2D eigenvalue weighted by molar-refractivity contribution is 0.0750. The van der Waals surface area contributed by atoms with Gasteiger partial charge < -0.3 is 4.90 Å². The summed E-state index contributed by atoms with van der Waals surface area (Å²) < 4.78 is 0.998. The fourth-order valence-corrected chi connectivity index (χ4v) is 3.21. The van der Waals surface area contributed by atoms with Crippen LogP contribution < -0.4 is 0 Å². The summed E-state index contributed by atoms with van der Waals surface area (Å²) in [5.41, 5.74) is 1.93. The molecule has 1 aromatic rings. The molecular formula is C13H15Br2NO. The molecule has 2 rings (SSSR count). The molecule has 0 bridgehead atoms. The third-order valence-corrected chi connectivity index (χ3v) is 4.84. The normalized spacial score (nSPS) is 19.7. The summed E-state index contributed by atoms with van der Waals surface area (Å²) in [5, 5.41) is 0.867. The van der Waals surface area contributed by atoms with Gasteiger partial charge in [-0.15, -0.1) is 0 Å². The summed E-state index contributed by atoms with van der Waals surface area (Å²) in [4.78, 5) is 14.3. The maximum Gasteiger partial charge on any atom is 0.254 e. The Labute approximate surface area is 119 Å². The van der Waals surface area contributed by atoms with Gasteiger partial charge in [0.15, 0.2) is 0 Å². The van der Waals surface area contributed by atoms with Crippen LogP contribution in [0, 0.1) is 6.92 Å². The Bertz CT molecular complexity index is 433. The second-order valence-corrected chi connectivity index (χ2v) is 5.91. The van der Waals surface area contributed by atoms with Crippen LogP contribution in [-0.4, -0.2) is 28.7 Å². The van der Waals surface area contributed by atoms with E-state index < -0.39 is 0 Å². The van der Waals surface area contributed by atoms with Crippen molar-refractivity contribution >= 4 is 37.8 Å². The monoisotopic (exact) mass is 359 g/mol. The van der Waals surface area contributed by atoms with Gasteiger partial charge in [0.2, 0.25) is 0 Å². The fraction of sp³-hybridized carbons (Fsp3) is 0.462. The zero-order valence-electron chi connectivity index (χ0n) is 9.75. The van der Waals surface area contributed by atoms with Crippen LogP contribution >= 0.6 is 31.9 Å². The molecule has 1 amide bonds. The Morgan fingerprint density at radius 3 is 2.94 bits per heavy atom. The van der Waals surface area contributed by atoms with Crippen LogP contribution in [0.3, 0.4) is 0 Å². The van der Waals surface area contributed by atoms with Gasteiger partial charge in [-0.25, -0.2) is 0 Å². The number of carbonyl (C=O) groups excluding carboxylic acids is 1. The van der Waals surface area contributed by atoms with E-state index in [4.69, 9.17) is 0 Å². The predicted octanol–water partition coefficient (Wildman–Crippen LogP) is 3.76. The second kappa shape index (κ2) is 5.53. The fourth-order valence-electron chi connectivity index (χ4n) is 2.16. The minimum absolute atomic E-state index is 0.146. The molecule has 0 N–H and O–H groups in total. The molecule has 1 heterocycles. The van der Waals surface area contributed by atoms with E-state index in [2.05, 4.69) is 31.9 Å². The first kappa shape index (κ1) is 13.1. The molecule has 1 atom stereocenters. The van der Waals surface area contributed by atoms with Crippen molar-refractivity contribution in [2.75, 3.05) is 11.9 Å². The highest BCUT2D eigenvalue weighted by Crippen LogP contribution is 2.24. The molecule has 1 aromatic carbocycles. The lowest BCUT2D eigenvalue weighted by atomic mass is 10.1. The summed E-state index contributed by atoms with van der Waals surface area (Å²) in [6, 6.07) is 6.16. The molecule has 92 valence electrons. The average Bonchev–Trinajstić information content (AvgIpc) is 2.80. The van der Waals surface area contributed by atoms with Crippen molar-refractivity contribution in [2.45, 2.75) is 25.8 Å². The topological polar surface area (TPSA) is 20.3 Å². The van der Waals surface area contributed by atoms with Crippen LogP contribution in [0.15, 0.2) is 22.7 Å². The zero-order chi connectivity index (χ0) is 12.4. The van der Waals surface area contributed by atoms with Gasteiger partial charge in [0.1, 0.15) is 0 Å². The molecule has 1 aliphatic heterocycles. The number of alkyl halides is 1. The van der Waals surface area contributed by atoms with Crippen LogP contribution in [0.25, 0.3) is 0 Å². The number of aryl methyl sites for hydroxylation is 1. The highest BCUT2D eigenvalue weighted by Gasteiger charge is 2.28. The Kier molecular flexibility index (Phi) is 4.26. The number of hydrogen-bond donors (Lipinski definition) is 0. The standard InChI is InChI=1S/C13H15Br2NO/c1-9-4-5-10(7-12(9)15)13(17)16-6-2-3-11(16)8-14/h4-5,7,11H,2-3,6,8H2,1H3. The van der Waals surface area contributed by atoms with Gasteiger partial charge in [-0.1, -0.05) is 37.9 Å². The minimum atomic E-state index is 0.146. The summed E-state index contributed by atoms with van der Waals surface area (Å²) in [6.07, 6.45) is 2.21. The number of amides is 1. The van der Waals surface area contributed by atoms with E-state index in [0.29, 0.717) is 6.04 Å². The number of hydrogen-bond acceptors (Lipinski definition) is 1. The van der Waals surface area contributed by atoms with Gasteiger partial charge in [0, 0.05) is 28.0 Å². The van der Waals surface area contributed by atoms with Gasteiger partial charge >= 0.3 is 0 Å². The van der Waals surface area contributed by atoms with Crippen LogP contribution in [0.2, 0.25) is 0 Å². The van der Waals surface area contributed by atoms with Gasteiger partial charge in [0.25, 0.3) is 5.91 Å². The van der Waals surface area contributed by atoms with E-state index in [9.17, 15) is 4.79 Å². The van der Waals surface area contributed by atoms with Crippen molar-refractivity contribution in [1.29, 1.82) is 0 Å². The Hall–Kier alpha value is -0.350. The maximum absolute atomic E-state index is 12.4. The average molecular weight is 361 g/mol. The Morgan fingerprint density at radius 1 is 1.53 bits per heavy atom. The first-order valence-electron chi connectivity index (χ1n) is 5.76. The van der Waals surface area contributed by atoms with Crippen molar-refractivity contribution in [3.05, 3.63) is 33.8 Å². The molecule has 1 saturated heterocycles. The van der Waals surface area contributed by atoms with Crippen LogP contribution in [0.5, 0.6) is 0 Å². The summed E-state index contributed by atoms with van der Waals surface area (Å²) in [7, 11) is 0. The van der Waals surface area contributed by atoms with Crippen molar-refractivity contribution in [3.8, 4) is 0 Å². The Morgan fingerprint density at radius 2 is 2.29 bits per heavy atom. The zero-order valence-corrected chi connectivity index (χ0v) is 12.9. The first-order chi connectivity index (χ1) is 8.13. The highest BCUT2D eigenvalue weighted by molar-refractivity contribution is 9.10. The van der Waals surface area contributed by atoms with E-state index in [0.717, 1.165) is 40.3 Å². The molecule has 0 radical (unpaired) electrons. The summed E-state index contributed by atoms with van der Waals surface area (Å²) >= 11 is 6.96. The second-order valence-electron chi connectivity index (χ2n) is 4.41. The van der Waals surface area contributed by atoms with E-state index in [1.807, 2.05) is 30.0 Å². The van der Waals surface area contributed by atoms with Gasteiger partial charge in [-0.2, -0.15) is 0 Å².